The van der Waals surface area contributed by atoms with Crippen molar-refractivity contribution in [1.82, 2.24) is 9.97 Å². The highest BCUT2D eigenvalue weighted by Crippen LogP contribution is 2.15. The topological polar surface area (TPSA) is 73.1 Å². The second-order valence-electron chi connectivity index (χ2n) is 3.71. The molecular formula is C13H16N4O. The molecule has 5 heteroatoms. The van der Waals surface area contributed by atoms with Gasteiger partial charge >= 0.3 is 0 Å². The van der Waals surface area contributed by atoms with Crippen molar-refractivity contribution in [3.05, 3.63) is 42.4 Å². The molecule has 94 valence electrons. The van der Waals surface area contributed by atoms with Crippen molar-refractivity contribution >= 4 is 11.5 Å². The first kappa shape index (κ1) is 12.2. The van der Waals surface area contributed by atoms with Crippen LogP contribution in [0.4, 0.5) is 11.5 Å². The Morgan fingerprint density at radius 3 is 2.67 bits per heavy atom. The number of nitrogens with zero attached hydrogens (tertiary/aromatic N) is 2. The normalized spacial score (nSPS) is 10.1. The Kier molecular flexibility index (Phi) is 3.96. The largest absolute Gasteiger partial charge is 0.494 e. The van der Waals surface area contributed by atoms with Crippen molar-refractivity contribution in [2.24, 2.45) is 0 Å². The van der Waals surface area contributed by atoms with Crippen molar-refractivity contribution in [2.45, 2.75) is 13.5 Å². The van der Waals surface area contributed by atoms with Gasteiger partial charge in [0.2, 0.25) is 0 Å². The van der Waals surface area contributed by atoms with E-state index in [1.54, 1.807) is 12.3 Å². The summed E-state index contributed by atoms with van der Waals surface area (Å²) in [6.45, 7) is 3.17. The molecule has 0 fully saturated rings. The molecule has 18 heavy (non-hydrogen) atoms. The van der Waals surface area contributed by atoms with Crippen LogP contribution in [0.2, 0.25) is 0 Å². The molecule has 0 unspecified atom stereocenters. The predicted octanol–water partition coefficient (Wildman–Crippen LogP) is 2.07. The number of nitrogens with one attached hydrogen (secondary N) is 1. The second-order valence-corrected chi connectivity index (χ2v) is 3.71. The molecule has 2 aromatic rings. The average Bonchev–Trinajstić information content (AvgIpc) is 2.38. The van der Waals surface area contributed by atoms with Gasteiger partial charge in [-0.25, -0.2) is 9.97 Å². The van der Waals surface area contributed by atoms with Crippen LogP contribution in [0, 0.1) is 0 Å². The first-order chi connectivity index (χ1) is 8.78. The van der Waals surface area contributed by atoms with Gasteiger partial charge in [-0.05, 0) is 37.3 Å². The number of nitrogen functional groups attached to an aromatic ring is 1. The molecule has 3 N–H and O–H groups in total. The smallest absolute Gasteiger partial charge is 0.149 e. The minimum absolute atomic E-state index is 0.480. The summed E-state index contributed by atoms with van der Waals surface area (Å²) in [5.74, 6) is 2.01. The first-order valence-corrected chi connectivity index (χ1v) is 5.82. The van der Waals surface area contributed by atoms with Crippen molar-refractivity contribution < 1.29 is 4.74 Å². The number of benzene rings is 1. The van der Waals surface area contributed by atoms with E-state index < -0.39 is 0 Å². The maximum atomic E-state index is 5.59. The van der Waals surface area contributed by atoms with E-state index in [9.17, 15) is 0 Å². The van der Waals surface area contributed by atoms with Gasteiger partial charge in [0.1, 0.15) is 17.4 Å². The highest BCUT2D eigenvalue weighted by atomic mass is 16.5. The third-order valence-electron chi connectivity index (χ3n) is 2.34. The summed E-state index contributed by atoms with van der Waals surface area (Å²) in [6, 6.07) is 9.42. The van der Waals surface area contributed by atoms with Crippen molar-refractivity contribution in [3.8, 4) is 5.75 Å². The number of ether oxygens (including phenoxy) is 1. The lowest BCUT2D eigenvalue weighted by atomic mass is 10.3. The zero-order valence-corrected chi connectivity index (χ0v) is 10.3. The Labute approximate surface area is 106 Å². The van der Waals surface area contributed by atoms with Crippen molar-refractivity contribution in [1.29, 1.82) is 0 Å². The van der Waals surface area contributed by atoms with Gasteiger partial charge in [-0.3, -0.25) is 0 Å². The molecule has 0 aliphatic heterocycles. The Morgan fingerprint density at radius 2 is 2.00 bits per heavy atom. The number of anilines is 2. The van der Waals surface area contributed by atoms with Gasteiger partial charge in [0.05, 0.1) is 13.2 Å². The number of nitrogens with two attached hydrogens (primary N) is 1. The van der Waals surface area contributed by atoms with E-state index in [-0.39, 0.29) is 0 Å². The fourth-order valence-electron chi connectivity index (χ4n) is 1.52. The monoisotopic (exact) mass is 244 g/mol. The highest BCUT2D eigenvalue weighted by molar-refractivity contribution is 5.46. The molecule has 1 aromatic heterocycles. The summed E-state index contributed by atoms with van der Waals surface area (Å²) in [7, 11) is 0. The molecule has 0 bridgehead atoms. The fraction of sp³-hybridized carbons (Fsp3) is 0.231. The van der Waals surface area contributed by atoms with Crippen LogP contribution >= 0.6 is 0 Å². The number of hydrogen-bond donors (Lipinski definition) is 2. The van der Waals surface area contributed by atoms with Gasteiger partial charge in [0.25, 0.3) is 0 Å². The third-order valence-corrected chi connectivity index (χ3v) is 2.34. The zero-order chi connectivity index (χ0) is 12.8. The van der Waals surface area contributed by atoms with E-state index in [0.717, 1.165) is 11.4 Å². The molecule has 1 aromatic carbocycles. The van der Waals surface area contributed by atoms with Crippen LogP contribution < -0.4 is 15.8 Å². The first-order valence-electron chi connectivity index (χ1n) is 5.82. The number of rotatable bonds is 5. The predicted molar refractivity (Wildman–Crippen MR) is 71.4 cm³/mol. The van der Waals surface area contributed by atoms with Crippen LogP contribution in [0.3, 0.4) is 0 Å². The summed E-state index contributed by atoms with van der Waals surface area (Å²) in [4.78, 5) is 8.24. The summed E-state index contributed by atoms with van der Waals surface area (Å²) in [5.41, 5.74) is 6.58. The molecule has 1 heterocycles. The minimum atomic E-state index is 0.480. The van der Waals surface area contributed by atoms with Gasteiger partial charge in [-0.1, -0.05) is 0 Å². The molecule has 0 radical (unpaired) electrons. The van der Waals surface area contributed by atoms with E-state index in [4.69, 9.17) is 10.5 Å². The highest BCUT2D eigenvalue weighted by Gasteiger charge is 1.98. The van der Waals surface area contributed by atoms with E-state index in [0.29, 0.717) is 24.8 Å². The summed E-state index contributed by atoms with van der Waals surface area (Å²) < 4.78 is 5.37. The molecule has 0 aliphatic carbocycles. The van der Waals surface area contributed by atoms with Gasteiger partial charge in [-0.15, -0.1) is 0 Å². The van der Waals surface area contributed by atoms with Crippen molar-refractivity contribution in [3.63, 3.8) is 0 Å². The third kappa shape index (κ3) is 3.35. The summed E-state index contributed by atoms with van der Waals surface area (Å²) >= 11 is 0. The Balaban J connectivity index is 1.93. The number of aromatic nitrogens is 2. The maximum Gasteiger partial charge on any atom is 0.149 e. The van der Waals surface area contributed by atoms with Crippen LogP contribution in [-0.4, -0.2) is 16.6 Å². The molecule has 0 aliphatic rings. The van der Waals surface area contributed by atoms with Crippen LogP contribution in [0.5, 0.6) is 5.75 Å². The van der Waals surface area contributed by atoms with Gasteiger partial charge < -0.3 is 15.8 Å². The van der Waals surface area contributed by atoms with Crippen LogP contribution in [0.1, 0.15) is 12.7 Å². The molecule has 0 saturated heterocycles. The van der Waals surface area contributed by atoms with Crippen LogP contribution in [0.15, 0.2) is 36.5 Å². The molecule has 0 saturated carbocycles. The van der Waals surface area contributed by atoms with Crippen LogP contribution in [0.25, 0.3) is 0 Å². The lowest BCUT2D eigenvalue weighted by Crippen LogP contribution is -2.05. The Bertz CT molecular complexity index is 499. The van der Waals surface area contributed by atoms with E-state index in [1.807, 2.05) is 31.2 Å². The van der Waals surface area contributed by atoms with E-state index in [2.05, 4.69) is 15.3 Å². The lowest BCUT2D eigenvalue weighted by Gasteiger charge is -2.07. The van der Waals surface area contributed by atoms with E-state index >= 15 is 0 Å². The molecule has 0 amide bonds. The van der Waals surface area contributed by atoms with Crippen LogP contribution in [-0.2, 0) is 6.54 Å². The molecular weight excluding hydrogens is 228 g/mol. The molecule has 2 rings (SSSR count). The number of hydrogen-bond acceptors (Lipinski definition) is 5. The lowest BCUT2D eigenvalue weighted by molar-refractivity contribution is 0.340. The quantitative estimate of drug-likeness (QED) is 0.842. The minimum Gasteiger partial charge on any atom is -0.494 e. The Morgan fingerprint density at radius 1 is 1.22 bits per heavy atom. The second kappa shape index (κ2) is 5.86. The summed E-state index contributed by atoms with van der Waals surface area (Å²) in [5, 5.41) is 3.22. The Hall–Kier alpha value is -2.30. The molecule has 0 atom stereocenters. The fourth-order valence-corrected chi connectivity index (χ4v) is 1.52. The molecule has 5 nitrogen and oxygen atoms in total. The average molecular weight is 244 g/mol. The van der Waals surface area contributed by atoms with E-state index in [1.165, 1.54) is 0 Å². The maximum absolute atomic E-state index is 5.59. The zero-order valence-electron chi connectivity index (χ0n) is 10.3. The molecule has 0 spiro atoms. The van der Waals surface area contributed by atoms with Gasteiger partial charge in [0.15, 0.2) is 0 Å². The van der Waals surface area contributed by atoms with Gasteiger partial charge in [-0.2, -0.15) is 0 Å². The summed E-state index contributed by atoms with van der Waals surface area (Å²) in [6.07, 6.45) is 1.65. The standard InChI is InChI=1S/C13H16N4O/c1-2-18-11-5-3-10(4-6-11)16-9-13-15-8-7-12(14)17-13/h3-8,16H,2,9H2,1H3,(H2,14,15,17). The SMILES string of the molecule is CCOc1ccc(NCc2nccc(N)n2)cc1. The van der Waals surface area contributed by atoms with Gasteiger partial charge in [0, 0.05) is 11.9 Å². The van der Waals surface area contributed by atoms with Crippen molar-refractivity contribution in [2.75, 3.05) is 17.7 Å².